The average Bonchev–Trinajstić information content (AvgIpc) is 3.29. The maximum atomic E-state index is 13.0. The van der Waals surface area contributed by atoms with Gasteiger partial charge in [-0.3, -0.25) is 13.8 Å². The molecule has 67 heavy (non-hydrogen) atoms. The van der Waals surface area contributed by atoms with Crippen LogP contribution < -0.4 is 5.32 Å². The quantitative estimate of drug-likeness (QED) is 0.0243. The van der Waals surface area contributed by atoms with Gasteiger partial charge in [0.2, 0.25) is 5.91 Å². The Balaban J connectivity index is 4.16. The molecular formula is C58H118N2O6P+. The lowest BCUT2D eigenvalue weighted by Crippen LogP contribution is -2.45. The zero-order valence-corrected chi connectivity index (χ0v) is 46.6. The van der Waals surface area contributed by atoms with E-state index in [-0.39, 0.29) is 19.1 Å². The molecule has 0 bridgehead atoms. The Morgan fingerprint density at radius 1 is 0.493 bits per heavy atom. The van der Waals surface area contributed by atoms with Gasteiger partial charge in [-0.25, -0.2) is 4.57 Å². The summed E-state index contributed by atoms with van der Waals surface area (Å²) in [5.74, 6) is -0.169. The summed E-state index contributed by atoms with van der Waals surface area (Å²) in [7, 11) is 1.59. The van der Waals surface area contributed by atoms with Crippen LogP contribution in [0.25, 0.3) is 0 Å². The maximum absolute atomic E-state index is 13.0. The predicted octanol–water partition coefficient (Wildman–Crippen LogP) is 17.8. The normalized spacial score (nSPS) is 14.0. The van der Waals surface area contributed by atoms with E-state index in [9.17, 15) is 19.4 Å². The molecule has 0 fully saturated rings. The van der Waals surface area contributed by atoms with Crippen molar-refractivity contribution in [3.05, 3.63) is 12.2 Å². The minimum absolute atomic E-state index is 0.0652. The molecule has 0 aromatic carbocycles. The fraction of sp³-hybridized carbons (Fsp3) is 0.948. The van der Waals surface area contributed by atoms with Gasteiger partial charge in [0.05, 0.1) is 39.9 Å². The lowest BCUT2D eigenvalue weighted by atomic mass is 10.0. The number of nitrogens with zero attached hydrogens (tertiary/aromatic N) is 1. The number of carbonyl (C=O) groups is 1. The van der Waals surface area contributed by atoms with Crippen LogP contribution in [0.15, 0.2) is 12.2 Å². The van der Waals surface area contributed by atoms with Crippen LogP contribution in [0.5, 0.6) is 0 Å². The van der Waals surface area contributed by atoms with Crippen LogP contribution in [0, 0.1) is 0 Å². The number of carbonyl (C=O) groups excluding carboxylic acids is 1. The molecule has 0 aromatic heterocycles. The van der Waals surface area contributed by atoms with Crippen molar-refractivity contribution in [1.82, 2.24) is 5.32 Å². The van der Waals surface area contributed by atoms with E-state index < -0.39 is 20.0 Å². The van der Waals surface area contributed by atoms with Gasteiger partial charge in [-0.05, 0) is 19.3 Å². The van der Waals surface area contributed by atoms with Gasteiger partial charge in [0.1, 0.15) is 13.2 Å². The third kappa shape index (κ3) is 52.9. The van der Waals surface area contributed by atoms with Crippen molar-refractivity contribution >= 4 is 13.7 Å². The summed E-state index contributed by atoms with van der Waals surface area (Å²) in [6.07, 6.45) is 61.7. The second-order valence-electron chi connectivity index (χ2n) is 21.7. The van der Waals surface area contributed by atoms with E-state index in [0.717, 1.165) is 32.1 Å². The van der Waals surface area contributed by atoms with Crippen molar-refractivity contribution in [2.24, 2.45) is 0 Å². The molecule has 8 nitrogen and oxygen atoms in total. The van der Waals surface area contributed by atoms with Crippen LogP contribution in [0.4, 0.5) is 0 Å². The molecule has 0 aliphatic carbocycles. The number of amides is 1. The first-order chi connectivity index (χ1) is 32.5. The highest BCUT2D eigenvalue weighted by atomic mass is 31.2. The lowest BCUT2D eigenvalue weighted by Gasteiger charge is -2.25. The van der Waals surface area contributed by atoms with Gasteiger partial charge in [-0.2, -0.15) is 0 Å². The number of phosphoric acid groups is 1. The van der Waals surface area contributed by atoms with E-state index in [2.05, 4.69) is 19.2 Å². The second-order valence-corrected chi connectivity index (χ2v) is 23.2. The van der Waals surface area contributed by atoms with Crippen molar-refractivity contribution in [1.29, 1.82) is 0 Å². The molecular weight excluding hydrogens is 852 g/mol. The summed E-state index contributed by atoms with van der Waals surface area (Å²) in [6, 6.07) is -0.842. The molecule has 0 rings (SSSR count). The number of hydrogen-bond donors (Lipinski definition) is 3. The highest BCUT2D eigenvalue weighted by Crippen LogP contribution is 2.43. The molecule has 400 valence electrons. The van der Waals surface area contributed by atoms with E-state index in [1.165, 1.54) is 250 Å². The van der Waals surface area contributed by atoms with Gasteiger partial charge in [-0.1, -0.05) is 289 Å². The van der Waals surface area contributed by atoms with Gasteiger partial charge in [0, 0.05) is 6.42 Å². The highest BCUT2D eigenvalue weighted by molar-refractivity contribution is 7.47. The fourth-order valence-corrected chi connectivity index (χ4v) is 9.84. The Kier molecular flexibility index (Phi) is 49.6. The summed E-state index contributed by atoms with van der Waals surface area (Å²) in [4.78, 5) is 23.3. The number of likely N-dealkylation sites (N-methyl/N-ethyl adjacent to an activating group) is 1. The van der Waals surface area contributed by atoms with Gasteiger partial charge < -0.3 is 19.8 Å². The summed E-state index contributed by atoms with van der Waals surface area (Å²) in [5, 5.41) is 14.0. The Bertz CT molecular complexity index is 1100. The lowest BCUT2D eigenvalue weighted by molar-refractivity contribution is -0.870. The van der Waals surface area contributed by atoms with Gasteiger partial charge in [0.15, 0.2) is 0 Å². The average molecular weight is 971 g/mol. The number of nitrogens with one attached hydrogen (secondary N) is 1. The number of allylic oxidation sites excluding steroid dienone is 1. The van der Waals surface area contributed by atoms with E-state index >= 15 is 0 Å². The molecule has 0 spiro atoms. The predicted molar refractivity (Wildman–Crippen MR) is 291 cm³/mol. The third-order valence-electron chi connectivity index (χ3n) is 13.8. The molecule has 1 amide bonds. The monoisotopic (exact) mass is 970 g/mol. The third-order valence-corrected chi connectivity index (χ3v) is 14.7. The second kappa shape index (κ2) is 50.2. The Labute approximate surface area is 418 Å². The fourth-order valence-electron chi connectivity index (χ4n) is 9.10. The number of hydrogen-bond acceptors (Lipinski definition) is 5. The van der Waals surface area contributed by atoms with Crippen LogP contribution in [0.2, 0.25) is 0 Å². The molecule has 3 atom stereocenters. The minimum Gasteiger partial charge on any atom is -0.387 e. The number of unbranched alkanes of at least 4 members (excludes halogenated alkanes) is 42. The Morgan fingerprint density at radius 3 is 1.10 bits per heavy atom. The first-order valence-electron chi connectivity index (χ1n) is 29.6. The van der Waals surface area contributed by atoms with Crippen molar-refractivity contribution in [3.63, 3.8) is 0 Å². The van der Waals surface area contributed by atoms with Crippen LogP contribution >= 0.6 is 7.82 Å². The SMILES string of the molecule is CCCCCCCCCCCCCCCCCCCCCCCCC/C=C/C(O)C(COP(=O)(O)OCC[N+](C)(C)C)NC(=O)CCCCCCCCCCCCCCCCCCCCCC. The van der Waals surface area contributed by atoms with Crippen molar-refractivity contribution in [2.45, 2.75) is 315 Å². The van der Waals surface area contributed by atoms with Gasteiger partial charge >= 0.3 is 7.82 Å². The largest absolute Gasteiger partial charge is 0.472 e. The number of quaternary nitrogens is 1. The number of phosphoric ester groups is 1. The van der Waals surface area contributed by atoms with Gasteiger partial charge in [0.25, 0.3) is 0 Å². The van der Waals surface area contributed by atoms with E-state index in [4.69, 9.17) is 9.05 Å². The first-order valence-corrected chi connectivity index (χ1v) is 31.1. The molecule has 3 unspecified atom stereocenters. The first kappa shape index (κ1) is 66.2. The van der Waals surface area contributed by atoms with E-state index in [1.54, 1.807) is 6.08 Å². The van der Waals surface area contributed by atoms with E-state index in [0.29, 0.717) is 17.4 Å². The number of aliphatic hydroxyl groups excluding tert-OH is 1. The molecule has 0 heterocycles. The van der Waals surface area contributed by atoms with Crippen molar-refractivity contribution in [2.75, 3.05) is 40.9 Å². The molecule has 0 saturated carbocycles. The summed E-state index contributed by atoms with van der Waals surface area (Å²) in [5.41, 5.74) is 0. The Morgan fingerprint density at radius 2 is 0.791 bits per heavy atom. The minimum atomic E-state index is -4.34. The maximum Gasteiger partial charge on any atom is 0.472 e. The number of aliphatic hydroxyl groups is 1. The molecule has 3 N–H and O–H groups in total. The zero-order chi connectivity index (χ0) is 49.2. The standard InChI is InChI=1S/C58H117N2O6P/c1-6-8-10-12-14-16-18-20-22-24-26-28-29-30-31-32-33-35-37-39-41-43-45-47-49-51-57(61)56(55-66-67(63,64)65-54-53-60(3,4)5)59-58(62)52-50-48-46-44-42-40-38-36-34-27-25-23-21-19-17-15-13-11-9-7-2/h49,51,56-57,61H,6-48,50,52-55H2,1-5H3,(H-,59,62,63,64)/p+1/b51-49+. The summed E-state index contributed by atoms with van der Waals surface area (Å²) in [6.45, 7) is 4.87. The molecule has 0 aromatic rings. The van der Waals surface area contributed by atoms with Gasteiger partial charge in [-0.15, -0.1) is 0 Å². The topological polar surface area (TPSA) is 105 Å². The molecule has 9 heteroatoms. The number of rotatable bonds is 55. The molecule has 0 saturated heterocycles. The smallest absolute Gasteiger partial charge is 0.387 e. The molecule has 0 aliphatic heterocycles. The van der Waals surface area contributed by atoms with Crippen LogP contribution in [-0.2, 0) is 18.4 Å². The molecule has 0 radical (unpaired) electrons. The van der Waals surface area contributed by atoms with Crippen LogP contribution in [0.1, 0.15) is 303 Å². The van der Waals surface area contributed by atoms with Crippen LogP contribution in [0.3, 0.4) is 0 Å². The van der Waals surface area contributed by atoms with Crippen molar-refractivity contribution < 1.29 is 32.9 Å². The zero-order valence-electron chi connectivity index (χ0n) is 45.7. The summed E-state index contributed by atoms with van der Waals surface area (Å²) >= 11 is 0. The Hall–Kier alpha value is -0.760. The van der Waals surface area contributed by atoms with Crippen LogP contribution in [-0.4, -0.2) is 73.4 Å². The highest BCUT2D eigenvalue weighted by Gasteiger charge is 2.27. The molecule has 0 aliphatic rings. The van der Waals surface area contributed by atoms with E-state index in [1.807, 2.05) is 27.2 Å². The van der Waals surface area contributed by atoms with Crippen molar-refractivity contribution in [3.8, 4) is 0 Å². The summed E-state index contributed by atoms with van der Waals surface area (Å²) < 4.78 is 23.7.